The van der Waals surface area contributed by atoms with Gasteiger partial charge in [0, 0.05) is 6.54 Å². The number of carbonyl (C=O) groups excluding carboxylic acids is 2. The number of nitrogens with zero attached hydrogens (tertiary/aromatic N) is 2. The van der Waals surface area contributed by atoms with Crippen LogP contribution in [0.15, 0.2) is 64.5 Å². The molecule has 0 atom stereocenters. The number of carbonyl (C=O) groups is 2. The molecule has 7 heteroatoms. The van der Waals surface area contributed by atoms with Crippen molar-refractivity contribution in [2.45, 2.75) is 13.8 Å². The van der Waals surface area contributed by atoms with E-state index in [9.17, 15) is 9.59 Å². The number of ether oxygens (including phenoxy) is 1. The number of primary amides is 1. The number of hydrogen-bond donors (Lipinski definition) is 1. The lowest BCUT2D eigenvalue weighted by Crippen LogP contribution is -2.32. The highest BCUT2D eigenvalue weighted by Crippen LogP contribution is 2.34. The van der Waals surface area contributed by atoms with Crippen LogP contribution in [0.1, 0.15) is 19.4 Å². The van der Waals surface area contributed by atoms with Crippen LogP contribution in [0.3, 0.4) is 0 Å². The fourth-order valence-electron chi connectivity index (χ4n) is 2.70. The van der Waals surface area contributed by atoms with Gasteiger partial charge in [-0.1, -0.05) is 44.2 Å². The minimum absolute atomic E-state index is 0.0487. The predicted molar refractivity (Wildman–Crippen MR) is 117 cm³/mol. The second kappa shape index (κ2) is 9.43. The van der Waals surface area contributed by atoms with Crippen LogP contribution < -0.4 is 10.5 Å². The van der Waals surface area contributed by atoms with Gasteiger partial charge in [-0.05, 0) is 53.6 Å². The Bertz CT molecular complexity index is 938. The van der Waals surface area contributed by atoms with E-state index in [-0.39, 0.29) is 12.5 Å². The van der Waals surface area contributed by atoms with Crippen LogP contribution in [0.2, 0.25) is 0 Å². The zero-order chi connectivity index (χ0) is 20.8. The molecule has 2 N–H and O–H groups in total. The molecule has 1 saturated heterocycles. The molecule has 1 fully saturated rings. The van der Waals surface area contributed by atoms with Gasteiger partial charge in [-0.2, -0.15) is 0 Å². The molecule has 0 aromatic heterocycles. The lowest BCUT2D eigenvalue weighted by atomic mass is 10.2. The third kappa shape index (κ3) is 5.71. The third-order valence-corrected chi connectivity index (χ3v) is 4.98. The van der Waals surface area contributed by atoms with Crippen LogP contribution in [0.25, 0.3) is 6.08 Å². The summed E-state index contributed by atoms with van der Waals surface area (Å²) in [5.41, 5.74) is 6.75. The predicted octanol–water partition coefficient (Wildman–Crippen LogP) is 3.81. The molecule has 29 heavy (non-hydrogen) atoms. The van der Waals surface area contributed by atoms with Crippen LogP contribution >= 0.6 is 11.8 Å². The second-order valence-electron chi connectivity index (χ2n) is 6.97. The minimum atomic E-state index is -0.528. The molecular weight excluding hydrogens is 386 g/mol. The molecule has 2 aromatic rings. The van der Waals surface area contributed by atoms with Crippen LogP contribution in [0.5, 0.6) is 5.75 Å². The second-order valence-corrected chi connectivity index (χ2v) is 7.98. The normalized spacial score (nSPS) is 16.8. The van der Waals surface area contributed by atoms with Crippen molar-refractivity contribution in [2.75, 3.05) is 13.2 Å². The van der Waals surface area contributed by atoms with E-state index in [4.69, 9.17) is 10.5 Å². The van der Waals surface area contributed by atoms with Gasteiger partial charge in [0.15, 0.2) is 11.8 Å². The third-order valence-electron chi connectivity index (χ3n) is 3.98. The van der Waals surface area contributed by atoms with Gasteiger partial charge in [0.25, 0.3) is 11.8 Å². The van der Waals surface area contributed by atoms with Crippen molar-refractivity contribution in [1.29, 1.82) is 0 Å². The first-order valence-corrected chi connectivity index (χ1v) is 10.1. The summed E-state index contributed by atoms with van der Waals surface area (Å²) in [6.45, 7) is 4.59. The molecule has 0 spiro atoms. The van der Waals surface area contributed by atoms with E-state index in [1.54, 1.807) is 17.0 Å². The van der Waals surface area contributed by atoms with Crippen LogP contribution in [0.4, 0.5) is 5.69 Å². The molecule has 0 radical (unpaired) electrons. The number of thioether (sulfide) groups is 1. The Kier molecular flexibility index (Phi) is 6.72. The van der Waals surface area contributed by atoms with E-state index in [1.165, 1.54) is 11.8 Å². The van der Waals surface area contributed by atoms with Gasteiger partial charge in [-0.25, -0.2) is 4.99 Å². The Hall–Kier alpha value is -3.06. The number of amidine groups is 1. The molecule has 3 rings (SSSR count). The number of nitrogens with two attached hydrogens (primary N) is 1. The van der Waals surface area contributed by atoms with E-state index in [2.05, 4.69) is 18.8 Å². The van der Waals surface area contributed by atoms with E-state index in [0.717, 1.165) is 11.3 Å². The fourth-order valence-corrected chi connectivity index (χ4v) is 3.70. The zero-order valence-electron chi connectivity index (χ0n) is 16.4. The van der Waals surface area contributed by atoms with Gasteiger partial charge >= 0.3 is 0 Å². The molecule has 2 amide bonds. The molecule has 6 nitrogen and oxygen atoms in total. The Balaban J connectivity index is 1.82. The maximum absolute atomic E-state index is 13.0. The SMILES string of the molecule is CC(C)CN1C(=O)C(=Cc2ccc(OCC(N)=O)cc2)SC1=Nc1ccccc1. The van der Waals surface area contributed by atoms with Crippen molar-refractivity contribution < 1.29 is 14.3 Å². The Morgan fingerprint density at radius 1 is 1.17 bits per heavy atom. The summed E-state index contributed by atoms with van der Waals surface area (Å²) in [5.74, 6) is 0.290. The number of rotatable bonds is 7. The highest BCUT2D eigenvalue weighted by atomic mass is 32.2. The monoisotopic (exact) mass is 409 g/mol. The van der Waals surface area contributed by atoms with Gasteiger partial charge in [-0.3, -0.25) is 14.5 Å². The minimum Gasteiger partial charge on any atom is -0.484 e. The summed E-state index contributed by atoms with van der Waals surface area (Å²) in [7, 11) is 0. The zero-order valence-corrected chi connectivity index (χ0v) is 17.2. The summed E-state index contributed by atoms with van der Waals surface area (Å²) in [6, 6.07) is 16.8. The summed E-state index contributed by atoms with van der Waals surface area (Å²) < 4.78 is 5.26. The largest absolute Gasteiger partial charge is 0.484 e. The van der Waals surface area contributed by atoms with Crippen molar-refractivity contribution in [1.82, 2.24) is 4.90 Å². The molecule has 2 aromatic carbocycles. The first-order chi connectivity index (χ1) is 13.9. The van der Waals surface area contributed by atoms with Gasteiger partial charge in [0.2, 0.25) is 0 Å². The van der Waals surface area contributed by atoms with Crippen LogP contribution in [0, 0.1) is 5.92 Å². The molecule has 0 aliphatic carbocycles. The Morgan fingerprint density at radius 3 is 2.48 bits per heavy atom. The van der Waals surface area contributed by atoms with Crippen molar-refractivity contribution in [3.8, 4) is 5.75 Å². The number of para-hydroxylation sites is 1. The fraction of sp³-hybridized carbons (Fsp3) is 0.227. The number of hydrogen-bond acceptors (Lipinski definition) is 5. The maximum Gasteiger partial charge on any atom is 0.266 e. The first-order valence-electron chi connectivity index (χ1n) is 9.28. The first kappa shape index (κ1) is 20.7. The number of amides is 2. The summed E-state index contributed by atoms with van der Waals surface area (Å²) in [5, 5.41) is 0.683. The molecule has 0 bridgehead atoms. The quantitative estimate of drug-likeness (QED) is 0.705. The molecular formula is C22H23N3O3S. The molecule has 1 heterocycles. The van der Waals surface area contributed by atoms with E-state index in [0.29, 0.717) is 28.3 Å². The average Bonchev–Trinajstić information content (AvgIpc) is 2.96. The summed E-state index contributed by atoms with van der Waals surface area (Å²) >= 11 is 1.37. The number of benzene rings is 2. The standard InChI is InChI=1S/C22H23N3O3S/c1-15(2)13-25-21(27)19(29-22(25)24-17-6-4-3-5-7-17)12-16-8-10-18(11-9-16)28-14-20(23)26/h3-12,15H,13-14H2,1-2H3,(H2,23,26). The molecule has 150 valence electrons. The molecule has 0 saturated carbocycles. The molecule has 0 unspecified atom stereocenters. The topological polar surface area (TPSA) is 85.0 Å². The van der Waals surface area contributed by atoms with E-state index < -0.39 is 5.91 Å². The van der Waals surface area contributed by atoms with Crippen molar-refractivity contribution in [3.05, 3.63) is 65.1 Å². The molecule has 1 aliphatic rings. The van der Waals surface area contributed by atoms with Crippen molar-refractivity contribution in [2.24, 2.45) is 16.6 Å². The van der Waals surface area contributed by atoms with Crippen molar-refractivity contribution >= 4 is 40.5 Å². The van der Waals surface area contributed by atoms with Gasteiger partial charge in [0.05, 0.1) is 10.6 Å². The Labute approximate surface area is 174 Å². The van der Waals surface area contributed by atoms with Crippen LogP contribution in [-0.4, -0.2) is 35.0 Å². The molecule has 1 aliphatic heterocycles. The van der Waals surface area contributed by atoms with Crippen molar-refractivity contribution in [3.63, 3.8) is 0 Å². The van der Waals surface area contributed by atoms with Gasteiger partial charge in [0.1, 0.15) is 5.75 Å². The lowest BCUT2D eigenvalue weighted by Gasteiger charge is -2.17. The van der Waals surface area contributed by atoms with Crippen LogP contribution in [-0.2, 0) is 9.59 Å². The lowest BCUT2D eigenvalue weighted by molar-refractivity contribution is -0.122. The maximum atomic E-state index is 13.0. The average molecular weight is 410 g/mol. The highest BCUT2D eigenvalue weighted by Gasteiger charge is 2.33. The summed E-state index contributed by atoms with van der Waals surface area (Å²) in [6.07, 6.45) is 1.84. The van der Waals surface area contributed by atoms with Gasteiger partial charge in [-0.15, -0.1) is 0 Å². The van der Waals surface area contributed by atoms with Gasteiger partial charge < -0.3 is 10.5 Å². The Morgan fingerprint density at radius 2 is 1.86 bits per heavy atom. The highest BCUT2D eigenvalue weighted by molar-refractivity contribution is 8.18. The van der Waals surface area contributed by atoms with E-state index >= 15 is 0 Å². The summed E-state index contributed by atoms with van der Waals surface area (Å²) in [4.78, 5) is 30.8. The number of aliphatic imine (C=N–C) groups is 1. The van der Waals surface area contributed by atoms with E-state index in [1.807, 2.05) is 48.5 Å². The smallest absolute Gasteiger partial charge is 0.266 e.